The van der Waals surface area contributed by atoms with Crippen molar-refractivity contribution < 1.29 is 18.3 Å². The van der Waals surface area contributed by atoms with Crippen molar-refractivity contribution in [2.45, 2.75) is 12.8 Å². The van der Waals surface area contributed by atoms with Gasteiger partial charge in [0.25, 0.3) is 0 Å². The van der Waals surface area contributed by atoms with Crippen LogP contribution >= 0.6 is 11.6 Å². The Morgan fingerprint density at radius 2 is 2.16 bits per heavy atom. The fourth-order valence-electron chi connectivity index (χ4n) is 3.90. The van der Waals surface area contributed by atoms with Gasteiger partial charge in [-0.1, -0.05) is 23.7 Å². The van der Waals surface area contributed by atoms with Gasteiger partial charge in [0.15, 0.2) is 0 Å². The van der Waals surface area contributed by atoms with Crippen molar-refractivity contribution in [3.63, 3.8) is 0 Å². The number of ether oxygens (including phenoxy) is 1. The Kier molecular flexibility index (Phi) is 6.50. The summed E-state index contributed by atoms with van der Waals surface area (Å²) in [6.07, 6.45) is 0.275. The fraction of sp³-hybridized carbons (Fsp3) is 0.364. The van der Waals surface area contributed by atoms with Crippen molar-refractivity contribution in [1.29, 1.82) is 0 Å². The number of halogens is 3. The SMILES string of the molecule is COCCN1CCN(c2cccc(-c3cnc4[nH]cc(CC(F)F)c4c3Cl)c2)C(=O)C1. The lowest BCUT2D eigenvalue weighted by Gasteiger charge is -2.34. The number of carbonyl (C=O) groups is 1. The van der Waals surface area contributed by atoms with E-state index in [-0.39, 0.29) is 5.91 Å². The molecule has 1 fully saturated rings. The van der Waals surface area contributed by atoms with Gasteiger partial charge >= 0.3 is 0 Å². The molecule has 6 nitrogen and oxygen atoms in total. The summed E-state index contributed by atoms with van der Waals surface area (Å²) in [6.45, 7) is 2.97. The molecule has 0 aliphatic carbocycles. The number of methoxy groups -OCH3 is 1. The Hall–Kier alpha value is -2.55. The first-order valence-corrected chi connectivity index (χ1v) is 10.4. The predicted octanol–water partition coefficient (Wildman–Crippen LogP) is 3.99. The van der Waals surface area contributed by atoms with Gasteiger partial charge in [-0.3, -0.25) is 9.69 Å². The number of aromatic nitrogens is 2. The Balaban J connectivity index is 1.62. The smallest absolute Gasteiger partial charge is 0.242 e. The van der Waals surface area contributed by atoms with Crippen LogP contribution in [-0.2, 0) is 16.0 Å². The number of anilines is 1. The van der Waals surface area contributed by atoms with Crippen LogP contribution in [0.4, 0.5) is 14.5 Å². The molecule has 1 aliphatic heterocycles. The van der Waals surface area contributed by atoms with Crippen LogP contribution in [0.3, 0.4) is 0 Å². The minimum absolute atomic E-state index is 0.0176. The van der Waals surface area contributed by atoms with Crippen molar-refractivity contribution in [2.24, 2.45) is 0 Å². The number of alkyl halides is 2. The lowest BCUT2D eigenvalue weighted by molar-refractivity contribution is -0.121. The number of aromatic amines is 1. The number of amides is 1. The van der Waals surface area contributed by atoms with E-state index < -0.39 is 12.8 Å². The van der Waals surface area contributed by atoms with Gasteiger partial charge in [-0.15, -0.1) is 0 Å². The molecule has 1 saturated heterocycles. The Morgan fingerprint density at radius 1 is 1.32 bits per heavy atom. The summed E-state index contributed by atoms with van der Waals surface area (Å²) in [5, 5.41) is 0.877. The van der Waals surface area contributed by atoms with Crippen molar-refractivity contribution in [1.82, 2.24) is 14.9 Å². The van der Waals surface area contributed by atoms with Crippen LogP contribution < -0.4 is 4.90 Å². The highest BCUT2D eigenvalue weighted by Gasteiger charge is 2.25. The van der Waals surface area contributed by atoms with Crippen LogP contribution in [0.25, 0.3) is 22.2 Å². The van der Waals surface area contributed by atoms with E-state index in [0.29, 0.717) is 46.9 Å². The van der Waals surface area contributed by atoms with Gasteiger partial charge in [0.05, 0.1) is 18.2 Å². The Morgan fingerprint density at radius 3 is 2.90 bits per heavy atom. The summed E-state index contributed by atoms with van der Waals surface area (Å²) >= 11 is 6.64. The number of benzene rings is 1. The number of carbonyl (C=O) groups excluding carboxylic acids is 1. The molecule has 1 N–H and O–H groups in total. The molecular formula is C22H23ClF2N4O2. The molecule has 1 amide bonds. The van der Waals surface area contributed by atoms with Gasteiger partial charge in [-0.05, 0) is 23.3 Å². The maximum absolute atomic E-state index is 12.9. The molecular weight excluding hydrogens is 426 g/mol. The van der Waals surface area contributed by atoms with Gasteiger partial charge in [-0.25, -0.2) is 13.8 Å². The Bertz CT molecular complexity index is 1090. The molecule has 9 heteroatoms. The number of fused-ring (bicyclic) bond motifs is 1. The normalized spacial score (nSPS) is 15.4. The first-order chi connectivity index (χ1) is 15.0. The molecule has 0 unspecified atom stereocenters. The molecule has 0 bridgehead atoms. The van der Waals surface area contributed by atoms with E-state index in [4.69, 9.17) is 16.3 Å². The average molecular weight is 449 g/mol. The topological polar surface area (TPSA) is 61.5 Å². The zero-order valence-corrected chi connectivity index (χ0v) is 17.8. The highest BCUT2D eigenvalue weighted by molar-refractivity contribution is 6.38. The highest BCUT2D eigenvalue weighted by Crippen LogP contribution is 2.36. The minimum Gasteiger partial charge on any atom is -0.383 e. The second kappa shape index (κ2) is 9.30. The average Bonchev–Trinajstić information content (AvgIpc) is 3.15. The number of nitrogens with zero attached hydrogens (tertiary/aromatic N) is 3. The van der Waals surface area contributed by atoms with Crippen molar-refractivity contribution in [3.8, 4) is 11.1 Å². The van der Waals surface area contributed by atoms with E-state index in [1.807, 2.05) is 24.3 Å². The van der Waals surface area contributed by atoms with Gasteiger partial charge in [-0.2, -0.15) is 0 Å². The largest absolute Gasteiger partial charge is 0.383 e. The van der Waals surface area contributed by atoms with E-state index in [9.17, 15) is 13.6 Å². The zero-order valence-electron chi connectivity index (χ0n) is 17.1. The van der Waals surface area contributed by atoms with E-state index in [0.717, 1.165) is 24.3 Å². The standard InChI is InChI=1S/C22H23ClF2N4O2/c1-31-8-7-28-5-6-29(19(30)13-28)16-4-2-3-14(9-16)17-12-27-22-20(21(17)23)15(11-26-22)10-18(24)25/h2-4,9,11-12,18H,5-8,10,13H2,1H3,(H,26,27). The molecule has 3 heterocycles. The lowest BCUT2D eigenvalue weighted by Crippen LogP contribution is -2.51. The first-order valence-electron chi connectivity index (χ1n) is 10.0. The molecule has 1 aromatic carbocycles. The van der Waals surface area contributed by atoms with E-state index in [1.54, 1.807) is 18.2 Å². The molecule has 4 rings (SSSR count). The second-order valence-corrected chi connectivity index (χ2v) is 7.86. The number of nitrogens with one attached hydrogen (secondary N) is 1. The fourth-order valence-corrected chi connectivity index (χ4v) is 4.26. The van der Waals surface area contributed by atoms with E-state index in [2.05, 4.69) is 14.9 Å². The molecule has 0 radical (unpaired) electrons. The van der Waals surface area contributed by atoms with Crippen LogP contribution in [0.5, 0.6) is 0 Å². The molecule has 3 aromatic rings. The Labute approximate surface area is 183 Å². The summed E-state index contributed by atoms with van der Waals surface area (Å²) in [4.78, 5) is 23.8. The van der Waals surface area contributed by atoms with Crippen molar-refractivity contribution >= 4 is 34.2 Å². The van der Waals surface area contributed by atoms with E-state index >= 15 is 0 Å². The molecule has 164 valence electrons. The highest BCUT2D eigenvalue weighted by atomic mass is 35.5. The number of hydrogen-bond acceptors (Lipinski definition) is 4. The maximum atomic E-state index is 12.9. The molecule has 0 saturated carbocycles. The number of piperazine rings is 1. The lowest BCUT2D eigenvalue weighted by atomic mass is 10.0. The summed E-state index contributed by atoms with van der Waals surface area (Å²) in [7, 11) is 1.64. The maximum Gasteiger partial charge on any atom is 0.242 e. The summed E-state index contributed by atoms with van der Waals surface area (Å²) < 4.78 is 31.0. The van der Waals surface area contributed by atoms with Crippen molar-refractivity contribution in [3.05, 3.63) is 47.2 Å². The van der Waals surface area contributed by atoms with Gasteiger partial charge in [0.2, 0.25) is 12.3 Å². The quantitative estimate of drug-likeness (QED) is 0.593. The second-order valence-electron chi connectivity index (χ2n) is 7.48. The van der Waals surface area contributed by atoms with Gasteiger partial charge < -0.3 is 14.6 Å². The molecule has 31 heavy (non-hydrogen) atoms. The third-order valence-electron chi connectivity index (χ3n) is 5.47. The van der Waals surface area contributed by atoms with Gasteiger partial charge in [0.1, 0.15) is 5.65 Å². The minimum atomic E-state index is -2.48. The molecule has 2 aromatic heterocycles. The molecule has 0 spiro atoms. The van der Waals surface area contributed by atoms with Crippen LogP contribution in [-0.4, -0.2) is 67.1 Å². The number of H-pyrrole nitrogens is 1. The van der Waals surface area contributed by atoms with Crippen molar-refractivity contribution in [2.75, 3.05) is 44.8 Å². The van der Waals surface area contributed by atoms with Crippen LogP contribution in [0.15, 0.2) is 36.7 Å². The third-order valence-corrected chi connectivity index (χ3v) is 5.87. The molecule has 1 aliphatic rings. The van der Waals surface area contributed by atoms with Crippen LogP contribution in [0, 0.1) is 0 Å². The summed E-state index contributed by atoms with van der Waals surface area (Å²) in [6, 6.07) is 7.49. The first kappa shape index (κ1) is 21.7. The zero-order chi connectivity index (χ0) is 22.0. The number of pyridine rings is 1. The predicted molar refractivity (Wildman–Crippen MR) is 117 cm³/mol. The number of rotatable bonds is 7. The molecule has 0 atom stereocenters. The number of hydrogen-bond donors (Lipinski definition) is 1. The summed E-state index contributed by atoms with van der Waals surface area (Å²) in [5.74, 6) is 0.0176. The summed E-state index contributed by atoms with van der Waals surface area (Å²) in [5.41, 5.74) is 3.09. The van der Waals surface area contributed by atoms with E-state index in [1.165, 1.54) is 6.20 Å². The van der Waals surface area contributed by atoms with Crippen LogP contribution in [0.2, 0.25) is 5.02 Å². The van der Waals surface area contributed by atoms with Gasteiger partial charge in [0, 0.05) is 62.2 Å². The third kappa shape index (κ3) is 4.56. The van der Waals surface area contributed by atoms with Crippen LogP contribution in [0.1, 0.15) is 5.56 Å². The monoisotopic (exact) mass is 448 g/mol.